The van der Waals surface area contributed by atoms with E-state index < -0.39 is 0 Å². The summed E-state index contributed by atoms with van der Waals surface area (Å²) in [7, 11) is 1.69. The third-order valence-electron chi connectivity index (χ3n) is 0.847. The zero-order valence-electron chi connectivity index (χ0n) is 5.79. The minimum atomic E-state index is -0.207. The molecule has 0 aromatic rings. The molecule has 0 bridgehead atoms. The maximum atomic E-state index is 5.54. The summed E-state index contributed by atoms with van der Waals surface area (Å²) in [5.41, 5.74) is 1.16. The van der Waals surface area contributed by atoms with Gasteiger partial charge in [0.05, 0.1) is 0 Å². The first-order chi connectivity index (χ1) is 5.13. The van der Waals surface area contributed by atoms with Crippen LogP contribution in [0.4, 0.5) is 0 Å². The number of alkyl halides is 4. The van der Waals surface area contributed by atoms with Crippen molar-refractivity contribution in [2.45, 2.75) is 27.4 Å². The first-order valence-corrected chi connectivity index (χ1v) is 7.68. The van der Waals surface area contributed by atoms with Crippen molar-refractivity contribution in [3.05, 3.63) is 0 Å². The monoisotopic (exact) mass is 264 g/mol. The normalized spacial score (nSPS) is 11.5. The highest BCUT2D eigenvalue weighted by Crippen LogP contribution is 2.10. The molecular formula is C5H8Cl4Si2. The molecule has 0 aliphatic carbocycles. The first kappa shape index (κ1) is 12.6. The molecular weight excluding hydrogens is 258 g/mol. The summed E-state index contributed by atoms with van der Waals surface area (Å²) in [4.78, 5) is -0.415. The molecule has 0 aliphatic heterocycles. The standard InChI is InChI=1S/C5H8Cl4Si2/c6-4(7)1-10-3-11-2-5(8)9/h4-5H,1-3H2. The summed E-state index contributed by atoms with van der Waals surface area (Å²) >= 11 is 22.2. The Bertz CT molecular complexity index is 78.6. The van der Waals surface area contributed by atoms with E-state index in [9.17, 15) is 0 Å². The second-order valence-corrected chi connectivity index (χ2v) is 7.65. The fourth-order valence-corrected chi connectivity index (χ4v) is 4.06. The summed E-state index contributed by atoms with van der Waals surface area (Å²) in [6.45, 7) is 0. The van der Waals surface area contributed by atoms with E-state index in [1.165, 1.54) is 0 Å². The van der Waals surface area contributed by atoms with Crippen molar-refractivity contribution in [3.8, 4) is 0 Å². The van der Waals surface area contributed by atoms with Gasteiger partial charge in [-0.1, -0.05) is 5.67 Å². The molecule has 11 heavy (non-hydrogen) atoms. The second kappa shape index (κ2) is 8.20. The Labute approximate surface area is 92.6 Å². The molecule has 0 atom stereocenters. The van der Waals surface area contributed by atoms with E-state index in [1.54, 1.807) is 0 Å². The molecule has 0 aromatic heterocycles. The molecule has 4 radical (unpaired) electrons. The first-order valence-electron chi connectivity index (χ1n) is 3.10. The van der Waals surface area contributed by atoms with E-state index in [-0.39, 0.29) is 9.67 Å². The Morgan fingerprint density at radius 1 is 0.818 bits per heavy atom. The SMILES string of the molecule is ClC(Cl)C[Si]C[Si]CC(Cl)Cl. The lowest BCUT2D eigenvalue weighted by Crippen LogP contribution is -2.03. The van der Waals surface area contributed by atoms with Crippen LogP contribution in [0.3, 0.4) is 0 Å². The molecule has 0 nitrogen and oxygen atoms in total. The van der Waals surface area contributed by atoms with Crippen LogP contribution in [0.2, 0.25) is 17.8 Å². The Morgan fingerprint density at radius 2 is 1.18 bits per heavy atom. The molecule has 0 aliphatic rings. The molecule has 0 saturated carbocycles. The van der Waals surface area contributed by atoms with Crippen molar-refractivity contribution in [2.75, 3.05) is 0 Å². The lowest BCUT2D eigenvalue weighted by Gasteiger charge is -1.99. The molecule has 64 valence electrons. The summed E-state index contributed by atoms with van der Waals surface area (Å²) in [5.74, 6) is 0. The molecule has 0 amide bonds. The summed E-state index contributed by atoms with van der Waals surface area (Å²) in [6.07, 6.45) is 0. The highest BCUT2D eigenvalue weighted by Gasteiger charge is 2.01. The minimum absolute atomic E-state index is 0.207. The van der Waals surface area contributed by atoms with Crippen LogP contribution < -0.4 is 0 Å². The van der Waals surface area contributed by atoms with E-state index in [0.717, 1.165) is 36.8 Å². The fraction of sp³-hybridized carbons (Fsp3) is 1.00. The average Bonchev–Trinajstić information content (AvgIpc) is 1.85. The van der Waals surface area contributed by atoms with Gasteiger partial charge in [-0.25, -0.2) is 0 Å². The van der Waals surface area contributed by atoms with E-state index >= 15 is 0 Å². The Hall–Kier alpha value is 1.59. The topological polar surface area (TPSA) is 0 Å². The van der Waals surface area contributed by atoms with Crippen LogP contribution in [0.5, 0.6) is 0 Å². The van der Waals surface area contributed by atoms with E-state index in [4.69, 9.17) is 46.4 Å². The minimum Gasteiger partial charge on any atom is -0.106 e. The van der Waals surface area contributed by atoms with Crippen molar-refractivity contribution < 1.29 is 0 Å². The summed E-state index contributed by atoms with van der Waals surface area (Å²) < 4.78 is 0. The van der Waals surface area contributed by atoms with Gasteiger partial charge in [0.15, 0.2) is 0 Å². The van der Waals surface area contributed by atoms with Gasteiger partial charge in [-0.05, 0) is 12.1 Å². The number of halogens is 4. The quantitative estimate of drug-likeness (QED) is 0.393. The highest BCUT2D eigenvalue weighted by atomic mass is 35.5. The highest BCUT2D eigenvalue weighted by molar-refractivity contribution is 6.60. The predicted octanol–water partition coefficient (Wildman–Crippen LogP) is 3.21. The van der Waals surface area contributed by atoms with E-state index in [2.05, 4.69) is 0 Å². The lowest BCUT2D eigenvalue weighted by atomic mass is 10.9. The third-order valence-corrected chi connectivity index (χ3v) is 5.89. The Morgan fingerprint density at radius 3 is 1.45 bits per heavy atom. The van der Waals surface area contributed by atoms with Crippen LogP contribution >= 0.6 is 46.4 Å². The van der Waals surface area contributed by atoms with Crippen LogP contribution in [0.1, 0.15) is 0 Å². The maximum Gasteiger partial charge on any atom is 0.105 e. The van der Waals surface area contributed by atoms with Gasteiger partial charge in [-0.15, -0.1) is 46.4 Å². The van der Waals surface area contributed by atoms with Crippen molar-refractivity contribution in [3.63, 3.8) is 0 Å². The molecule has 0 fully saturated rings. The van der Waals surface area contributed by atoms with Gasteiger partial charge >= 0.3 is 0 Å². The second-order valence-electron chi connectivity index (χ2n) is 1.87. The molecule has 0 N–H and O–H groups in total. The van der Waals surface area contributed by atoms with Crippen LogP contribution in [0, 0.1) is 0 Å². The average molecular weight is 266 g/mol. The molecule has 0 heterocycles. The van der Waals surface area contributed by atoms with Crippen LogP contribution in [0.25, 0.3) is 0 Å². The molecule has 6 heteroatoms. The number of hydrogen-bond donors (Lipinski definition) is 0. The number of hydrogen-bond acceptors (Lipinski definition) is 0. The number of rotatable bonds is 6. The molecule has 0 rings (SSSR count). The Balaban J connectivity index is 2.91. The van der Waals surface area contributed by atoms with Crippen molar-refractivity contribution in [2.24, 2.45) is 0 Å². The van der Waals surface area contributed by atoms with Crippen LogP contribution in [-0.4, -0.2) is 28.7 Å². The summed E-state index contributed by atoms with van der Waals surface area (Å²) in [6, 6.07) is 1.79. The largest absolute Gasteiger partial charge is 0.106 e. The van der Waals surface area contributed by atoms with Crippen molar-refractivity contribution in [1.82, 2.24) is 0 Å². The smallest absolute Gasteiger partial charge is 0.105 e. The van der Waals surface area contributed by atoms with Crippen molar-refractivity contribution >= 4 is 65.4 Å². The lowest BCUT2D eigenvalue weighted by molar-refractivity contribution is 1.32. The molecule has 0 aromatic carbocycles. The van der Waals surface area contributed by atoms with Gasteiger partial charge in [-0.2, -0.15) is 0 Å². The third kappa shape index (κ3) is 11.6. The van der Waals surface area contributed by atoms with Gasteiger partial charge in [0.25, 0.3) is 0 Å². The van der Waals surface area contributed by atoms with Crippen molar-refractivity contribution in [1.29, 1.82) is 0 Å². The maximum absolute atomic E-state index is 5.54. The van der Waals surface area contributed by atoms with Crippen LogP contribution in [0.15, 0.2) is 0 Å². The van der Waals surface area contributed by atoms with E-state index in [0.29, 0.717) is 0 Å². The van der Waals surface area contributed by atoms with Gasteiger partial charge in [0.1, 0.15) is 9.67 Å². The van der Waals surface area contributed by atoms with Gasteiger partial charge in [-0.3, -0.25) is 0 Å². The zero-order chi connectivity index (χ0) is 8.69. The van der Waals surface area contributed by atoms with Gasteiger partial charge in [0, 0.05) is 19.0 Å². The predicted molar refractivity (Wildman–Crippen MR) is 56.9 cm³/mol. The fourth-order valence-electron chi connectivity index (χ4n) is 0.451. The molecule has 0 spiro atoms. The zero-order valence-corrected chi connectivity index (χ0v) is 10.8. The van der Waals surface area contributed by atoms with Gasteiger partial charge < -0.3 is 0 Å². The summed E-state index contributed by atoms with van der Waals surface area (Å²) in [5, 5.41) is 0. The molecule has 0 unspecified atom stereocenters. The van der Waals surface area contributed by atoms with Crippen LogP contribution in [-0.2, 0) is 0 Å². The van der Waals surface area contributed by atoms with E-state index in [1.807, 2.05) is 0 Å². The Kier molecular flexibility index (Phi) is 9.39. The van der Waals surface area contributed by atoms with Gasteiger partial charge in [0.2, 0.25) is 0 Å². The molecule has 0 saturated heterocycles.